The smallest absolute Gasteiger partial charge is 0.330 e. The third kappa shape index (κ3) is 3.93. The molecule has 1 saturated heterocycles. The first-order valence-electron chi connectivity index (χ1n) is 11.3. The fourth-order valence-electron chi connectivity index (χ4n) is 4.56. The highest BCUT2D eigenvalue weighted by Gasteiger charge is 2.37. The Morgan fingerprint density at radius 1 is 1.12 bits per heavy atom. The number of aliphatic hydroxyl groups is 1. The number of aromatic nitrogens is 2. The van der Waals surface area contributed by atoms with Crippen LogP contribution in [0.15, 0.2) is 64.3 Å². The van der Waals surface area contributed by atoms with Crippen LogP contribution in [0.3, 0.4) is 0 Å². The number of fused-ring (bicyclic) bond motifs is 2. The minimum absolute atomic E-state index is 0.0664. The molecule has 5 rings (SSSR count). The van der Waals surface area contributed by atoms with Gasteiger partial charge in [0.25, 0.3) is 5.56 Å². The van der Waals surface area contributed by atoms with E-state index in [-0.39, 0.29) is 18.9 Å². The molecule has 34 heavy (non-hydrogen) atoms. The fraction of sp³-hybridized carbons (Fsp3) is 0.320. The highest BCUT2D eigenvalue weighted by molar-refractivity contribution is 5.89. The molecule has 0 unspecified atom stereocenters. The minimum atomic E-state index is -0.886. The van der Waals surface area contributed by atoms with Gasteiger partial charge in [0.05, 0.1) is 12.0 Å². The van der Waals surface area contributed by atoms with Crippen LogP contribution < -0.4 is 21.3 Å². The van der Waals surface area contributed by atoms with E-state index < -0.39 is 35.6 Å². The molecule has 2 aromatic carbocycles. The Morgan fingerprint density at radius 2 is 1.76 bits per heavy atom. The van der Waals surface area contributed by atoms with Crippen molar-refractivity contribution in [2.24, 2.45) is 0 Å². The van der Waals surface area contributed by atoms with Crippen molar-refractivity contribution in [3.63, 3.8) is 0 Å². The molecule has 0 spiro atoms. The number of carbonyl (C=O) groups excluding carboxylic acids is 1. The minimum Gasteiger partial charge on any atom is -0.457 e. The average molecular weight is 463 g/mol. The van der Waals surface area contributed by atoms with Crippen LogP contribution in [-0.2, 0) is 16.0 Å². The quantitative estimate of drug-likeness (QED) is 0.530. The summed E-state index contributed by atoms with van der Waals surface area (Å²) in [5, 5.41) is 13.4. The number of hydrogen-bond acceptors (Lipinski definition) is 6. The van der Waals surface area contributed by atoms with Gasteiger partial charge in [-0.05, 0) is 18.6 Å². The van der Waals surface area contributed by atoms with Crippen molar-refractivity contribution < 1.29 is 19.4 Å². The zero-order chi connectivity index (χ0) is 23.8. The van der Waals surface area contributed by atoms with Crippen LogP contribution in [0.25, 0.3) is 0 Å². The van der Waals surface area contributed by atoms with Crippen molar-refractivity contribution >= 4 is 5.91 Å². The van der Waals surface area contributed by atoms with E-state index in [2.05, 4.69) is 10.3 Å². The van der Waals surface area contributed by atoms with Crippen LogP contribution >= 0.6 is 0 Å². The van der Waals surface area contributed by atoms with E-state index in [1.54, 1.807) is 0 Å². The lowest BCUT2D eigenvalue weighted by Crippen LogP contribution is -2.40. The molecular formula is C25H25N3O6. The van der Waals surface area contributed by atoms with Crippen LogP contribution in [0.1, 0.15) is 42.2 Å². The topological polar surface area (TPSA) is 123 Å². The molecule has 1 amide bonds. The molecule has 9 heteroatoms. The number of ether oxygens (including phenoxy) is 2. The molecule has 3 N–H and O–H groups in total. The van der Waals surface area contributed by atoms with E-state index >= 15 is 0 Å². The fourth-order valence-corrected chi connectivity index (χ4v) is 4.56. The van der Waals surface area contributed by atoms with E-state index in [1.165, 1.54) is 10.8 Å². The number of H-pyrrole nitrogens is 1. The second-order valence-electron chi connectivity index (χ2n) is 8.46. The Balaban J connectivity index is 1.33. The Labute approximate surface area is 195 Å². The maximum atomic E-state index is 13.3. The molecule has 1 fully saturated rings. The average Bonchev–Trinajstić information content (AvgIpc) is 3.21. The van der Waals surface area contributed by atoms with Crippen molar-refractivity contribution in [3.05, 3.63) is 92.3 Å². The molecule has 3 heterocycles. The summed E-state index contributed by atoms with van der Waals surface area (Å²) in [6, 6.07) is 14.8. The standard InChI is InChI=1S/C25H25N3O6/c1-2-14-13-28(25(32)27-23(14)30)21-11-17(29)20(34-21)12-26-24(31)22-15-7-3-5-9-18(15)33-19-10-6-4-8-16(19)22/h3-10,13,17,20-22,29H,2,11-12H2,1H3,(H,26,31)(H,27,30,32)/t17-,20+,21+/m0/s1. The first-order valence-corrected chi connectivity index (χ1v) is 11.3. The molecule has 0 saturated carbocycles. The number of benzene rings is 2. The van der Waals surface area contributed by atoms with Gasteiger partial charge >= 0.3 is 5.69 Å². The Bertz CT molecular complexity index is 1300. The van der Waals surface area contributed by atoms with Gasteiger partial charge in [-0.2, -0.15) is 0 Å². The second kappa shape index (κ2) is 8.92. The van der Waals surface area contributed by atoms with Gasteiger partial charge < -0.3 is 19.9 Å². The molecule has 3 atom stereocenters. The van der Waals surface area contributed by atoms with Gasteiger partial charge in [0.1, 0.15) is 23.8 Å². The third-order valence-corrected chi connectivity index (χ3v) is 6.36. The summed E-state index contributed by atoms with van der Waals surface area (Å²) in [6.45, 7) is 1.88. The van der Waals surface area contributed by atoms with Crippen LogP contribution in [0.4, 0.5) is 0 Å². The van der Waals surface area contributed by atoms with Crippen LogP contribution in [0.2, 0.25) is 0 Å². The molecule has 0 bridgehead atoms. The van der Waals surface area contributed by atoms with Gasteiger partial charge in [0.15, 0.2) is 0 Å². The van der Waals surface area contributed by atoms with Gasteiger partial charge in [-0.1, -0.05) is 43.3 Å². The molecule has 9 nitrogen and oxygen atoms in total. The largest absolute Gasteiger partial charge is 0.457 e. The van der Waals surface area contributed by atoms with E-state index in [0.29, 0.717) is 23.5 Å². The molecule has 1 aromatic heterocycles. The number of nitrogens with one attached hydrogen (secondary N) is 2. The summed E-state index contributed by atoms with van der Waals surface area (Å²) in [6.07, 6.45) is -0.241. The lowest BCUT2D eigenvalue weighted by molar-refractivity contribution is -0.123. The Morgan fingerprint density at radius 3 is 2.41 bits per heavy atom. The number of aryl methyl sites for hydroxylation is 1. The number of para-hydroxylation sites is 2. The summed E-state index contributed by atoms with van der Waals surface area (Å²) < 4.78 is 13.1. The first-order chi connectivity index (χ1) is 16.5. The van der Waals surface area contributed by atoms with Gasteiger partial charge in [-0.15, -0.1) is 0 Å². The van der Waals surface area contributed by atoms with E-state index in [1.807, 2.05) is 55.5 Å². The number of rotatable bonds is 5. The second-order valence-corrected chi connectivity index (χ2v) is 8.46. The van der Waals surface area contributed by atoms with Crippen molar-refractivity contribution in [2.75, 3.05) is 6.54 Å². The number of aliphatic hydroxyl groups excluding tert-OH is 1. The van der Waals surface area contributed by atoms with Crippen molar-refractivity contribution in [1.82, 2.24) is 14.9 Å². The molecule has 0 aliphatic carbocycles. The highest BCUT2D eigenvalue weighted by Crippen LogP contribution is 2.43. The van der Waals surface area contributed by atoms with Crippen LogP contribution in [0.5, 0.6) is 11.5 Å². The summed E-state index contributed by atoms with van der Waals surface area (Å²) >= 11 is 0. The zero-order valence-electron chi connectivity index (χ0n) is 18.6. The molecule has 0 radical (unpaired) electrons. The number of hydrogen-bond donors (Lipinski definition) is 3. The normalized spacial score (nSPS) is 21.4. The van der Waals surface area contributed by atoms with Gasteiger partial charge in [0, 0.05) is 35.9 Å². The molecular weight excluding hydrogens is 438 g/mol. The summed E-state index contributed by atoms with van der Waals surface area (Å²) in [7, 11) is 0. The summed E-state index contributed by atoms with van der Waals surface area (Å²) in [4.78, 5) is 39.7. The molecule has 2 aliphatic heterocycles. The third-order valence-electron chi connectivity index (χ3n) is 6.36. The maximum Gasteiger partial charge on any atom is 0.330 e. The van der Waals surface area contributed by atoms with E-state index in [0.717, 1.165) is 11.1 Å². The molecule has 3 aromatic rings. The number of nitrogens with zero attached hydrogens (tertiary/aromatic N) is 1. The Hall–Kier alpha value is -3.69. The first kappa shape index (κ1) is 22.1. The molecule has 2 aliphatic rings. The van der Waals surface area contributed by atoms with Gasteiger partial charge in [0.2, 0.25) is 5.91 Å². The van der Waals surface area contributed by atoms with Gasteiger partial charge in [-0.3, -0.25) is 19.1 Å². The van der Waals surface area contributed by atoms with Crippen molar-refractivity contribution in [2.45, 2.75) is 44.1 Å². The lowest BCUT2D eigenvalue weighted by Gasteiger charge is -2.28. The molecule has 176 valence electrons. The maximum absolute atomic E-state index is 13.3. The monoisotopic (exact) mass is 463 g/mol. The Kier molecular flexibility index (Phi) is 5.80. The lowest BCUT2D eigenvalue weighted by atomic mass is 9.87. The summed E-state index contributed by atoms with van der Waals surface area (Å²) in [5.74, 6) is 0.451. The predicted molar refractivity (Wildman–Crippen MR) is 123 cm³/mol. The van der Waals surface area contributed by atoms with Crippen molar-refractivity contribution in [3.8, 4) is 11.5 Å². The zero-order valence-corrected chi connectivity index (χ0v) is 18.6. The van der Waals surface area contributed by atoms with E-state index in [9.17, 15) is 19.5 Å². The predicted octanol–water partition coefficient (Wildman–Crippen LogP) is 1.80. The number of amides is 1. The highest BCUT2D eigenvalue weighted by atomic mass is 16.5. The van der Waals surface area contributed by atoms with Crippen LogP contribution in [-0.4, -0.2) is 39.3 Å². The van der Waals surface area contributed by atoms with Crippen LogP contribution in [0, 0.1) is 0 Å². The number of aromatic amines is 1. The van der Waals surface area contributed by atoms with E-state index in [4.69, 9.17) is 9.47 Å². The van der Waals surface area contributed by atoms with Gasteiger partial charge in [-0.25, -0.2) is 4.79 Å². The van der Waals surface area contributed by atoms with Crippen molar-refractivity contribution in [1.29, 1.82) is 0 Å². The SMILES string of the molecule is CCc1cn([C@H]2C[C@H](O)[C@@H](CNC(=O)C3c4ccccc4Oc4ccccc43)O2)c(=O)[nH]c1=O. The summed E-state index contributed by atoms with van der Waals surface area (Å²) in [5.41, 5.74) is 0.946. The number of carbonyl (C=O) groups is 1.